The van der Waals surface area contributed by atoms with Gasteiger partial charge in [-0.2, -0.15) is 5.10 Å². The lowest BCUT2D eigenvalue weighted by Gasteiger charge is -2.15. The summed E-state index contributed by atoms with van der Waals surface area (Å²) in [5, 5.41) is 7.18. The number of nitrogens with one attached hydrogen (secondary N) is 1. The predicted molar refractivity (Wildman–Crippen MR) is 128 cm³/mol. The van der Waals surface area contributed by atoms with E-state index in [1.165, 1.54) is 11.6 Å². The quantitative estimate of drug-likeness (QED) is 0.436. The number of benzene rings is 2. The molecule has 166 valence electrons. The SMILES string of the molecule is C=CC(Cc1ccccc1)S(=O)(=O)c1cc(CNC)nn1CCCc1ccccc1.Cl. The monoisotopic (exact) mass is 459 g/mol. The molecule has 1 heterocycles. The molecule has 0 aliphatic rings. The van der Waals surface area contributed by atoms with Gasteiger partial charge in [0.1, 0.15) is 0 Å². The van der Waals surface area contributed by atoms with Gasteiger partial charge in [-0.1, -0.05) is 66.7 Å². The van der Waals surface area contributed by atoms with E-state index in [0.29, 0.717) is 19.5 Å². The number of hydrogen-bond donors (Lipinski definition) is 1. The molecule has 2 aromatic carbocycles. The molecule has 3 aromatic rings. The fraction of sp³-hybridized carbons (Fsp3) is 0.292. The zero-order chi connectivity index (χ0) is 21.4. The lowest BCUT2D eigenvalue weighted by Crippen LogP contribution is -2.24. The van der Waals surface area contributed by atoms with Gasteiger partial charge in [0.15, 0.2) is 5.03 Å². The lowest BCUT2D eigenvalue weighted by atomic mass is 10.1. The lowest BCUT2D eigenvalue weighted by molar-refractivity contribution is 0.511. The fourth-order valence-corrected chi connectivity index (χ4v) is 5.21. The van der Waals surface area contributed by atoms with E-state index in [2.05, 4.69) is 29.1 Å². The molecular formula is C24H30ClN3O2S. The van der Waals surface area contributed by atoms with Gasteiger partial charge < -0.3 is 5.32 Å². The third-order valence-corrected chi connectivity index (χ3v) is 7.13. The van der Waals surface area contributed by atoms with E-state index < -0.39 is 15.1 Å². The summed E-state index contributed by atoms with van der Waals surface area (Å²) in [5.41, 5.74) is 2.92. The normalized spacial score (nSPS) is 12.2. The summed E-state index contributed by atoms with van der Waals surface area (Å²) in [7, 11) is -1.79. The maximum atomic E-state index is 13.5. The number of halogens is 1. The molecule has 0 fully saturated rings. The van der Waals surface area contributed by atoms with Crippen LogP contribution < -0.4 is 5.32 Å². The van der Waals surface area contributed by atoms with E-state index in [4.69, 9.17) is 0 Å². The molecule has 1 N–H and O–H groups in total. The first-order chi connectivity index (χ1) is 14.5. The molecule has 1 aromatic heterocycles. The second-order valence-electron chi connectivity index (χ2n) is 7.33. The highest BCUT2D eigenvalue weighted by molar-refractivity contribution is 7.92. The molecule has 31 heavy (non-hydrogen) atoms. The van der Waals surface area contributed by atoms with Crippen LogP contribution >= 0.6 is 12.4 Å². The van der Waals surface area contributed by atoms with Crippen LogP contribution in [0.3, 0.4) is 0 Å². The summed E-state index contributed by atoms with van der Waals surface area (Å²) < 4.78 is 28.6. The first kappa shape index (κ1) is 24.9. The van der Waals surface area contributed by atoms with Crippen LogP contribution in [0.5, 0.6) is 0 Å². The van der Waals surface area contributed by atoms with Crippen LogP contribution in [0.2, 0.25) is 0 Å². The van der Waals surface area contributed by atoms with Crippen molar-refractivity contribution < 1.29 is 8.42 Å². The Balaban J connectivity index is 0.00000341. The molecule has 0 bridgehead atoms. The minimum Gasteiger partial charge on any atom is -0.314 e. The van der Waals surface area contributed by atoms with Crippen LogP contribution in [0.1, 0.15) is 23.2 Å². The van der Waals surface area contributed by atoms with Crippen LogP contribution in [-0.4, -0.2) is 30.5 Å². The molecule has 0 amide bonds. The molecule has 0 saturated carbocycles. The summed E-state index contributed by atoms with van der Waals surface area (Å²) in [6, 6.07) is 21.5. The predicted octanol–water partition coefficient (Wildman–Crippen LogP) is 4.23. The molecule has 7 heteroatoms. The summed E-state index contributed by atoms with van der Waals surface area (Å²) in [6.45, 7) is 4.87. The molecule has 1 unspecified atom stereocenters. The summed E-state index contributed by atoms with van der Waals surface area (Å²) in [4.78, 5) is 0. The third kappa shape index (κ3) is 6.53. The Labute approximate surface area is 191 Å². The standard InChI is InChI=1S/C24H29N3O2S.ClH/c1-3-23(17-21-13-8-5-9-14-21)30(28,29)24-18-22(19-25-2)26-27(24)16-10-15-20-11-6-4-7-12-20;/h3-9,11-14,18,23,25H,1,10,15-17,19H2,2H3;1H. The van der Waals surface area contributed by atoms with E-state index in [-0.39, 0.29) is 17.4 Å². The van der Waals surface area contributed by atoms with E-state index in [0.717, 1.165) is 24.1 Å². The summed E-state index contributed by atoms with van der Waals surface area (Å²) in [6.07, 6.45) is 3.60. The average molecular weight is 460 g/mol. The van der Waals surface area contributed by atoms with E-state index >= 15 is 0 Å². The minimum atomic E-state index is -3.62. The van der Waals surface area contributed by atoms with E-state index in [9.17, 15) is 8.42 Å². The first-order valence-corrected chi connectivity index (χ1v) is 11.7. The fourth-order valence-electron chi connectivity index (χ4n) is 3.51. The number of aryl methyl sites for hydroxylation is 2. The van der Waals surface area contributed by atoms with Crippen LogP contribution in [0, 0.1) is 0 Å². The second kappa shape index (κ2) is 11.8. The van der Waals surface area contributed by atoms with Crippen LogP contribution in [0.15, 0.2) is 84.4 Å². The van der Waals surface area contributed by atoms with Crippen molar-refractivity contribution in [2.24, 2.45) is 0 Å². The Hall–Kier alpha value is -2.41. The Bertz CT molecular complexity index is 1050. The molecule has 0 saturated heterocycles. The van der Waals surface area contributed by atoms with Gasteiger partial charge in [-0.15, -0.1) is 19.0 Å². The van der Waals surface area contributed by atoms with Gasteiger partial charge in [0.25, 0.3) is 0 Å². The van der Waals surface area contributed by atoms with Crippen molar-refractivity contribution in [3.8, 4) is 0 Å². The molecule has 0 spiro atoms. The van der Waals surface area contributed by atoms with Crippen LogP contribution in [0.25, 0.3) is 0 Å². The Morgan fingerprint density at radius 2 is 1.68 bits per heavy atom. The Morgan fingerprint density at radius 1 is 1.06 bits per heavy atom. The topological polar surface area (TPSA) is 64.0 Å². The Morgan fingerprint density at radius 3 is 2.26 bits per heavy atom. The maximum absolute atomic E-state index is 13.5. The van der Waals surface area contributed by atoms with Gasteiger partial charge in [0.2, 0.25) is 9.84 Å². The van der Waals surface area contributed by atoms with Crippen molar-refractivity contribution in [1.82, 2.24) is 15.1 Å². The average Bonchev–Trinajstić information content (AvgIpc) is 3.17. The van der Waals surface area contributed by atoms with Gasteiger partial charge >= 0.3 is 0 Å². The summed E-state index contributed by atoms with van der Waals surface area (Å²) in [5.74, 6) is 0. The molecule has 0 radical (unpaired) electrons. The first-order valence-electron chi connectivity index (χ1n) is 10.2. The van der Waals surface area contributed by atoms with Gasteiger partial charge in [-0.3, -0.25) is 4.68 Å². The highest BCUT2D eigenvalue weighted by Crippen LogP contribution is 2.22. The summed E-state index contributed by atoms with van der Waals surface area (Å²) >= 11 is 0. The van der Waals surface area contributed by atoms with Crippen LogP contribution in [-0.2, 0) is 35.8 Å². The highest BCUT2D eigenvalue weighted by atomic mass is 35.5. The highest BCUT2D eigenvalue weighted by Gasteiger charge is 2.29. The van der Waals surface area contributed by atoms with Crippen molar-refractivity contribution in [1.29, 1.82) is 0 Å². The molecular weight excluding hydrogens is 430 g/mol. The van der Waals surface area contributed by atoms with Crippen molar-refractivity contribution in [2.45, 2.75) is 42.6 Å². The van der Waals surface area contributed by atoms with Crippen molar-refractivity contribution in [3.63, 3.8) is 0 Å². The number of nitrogens with zero attached hydrogens (tertiary/aromatic N) is 2. The zero-order valence-electron chi connectivity index (χ0n) is 17.8. The molecule has 0 aliphatic carbocycles. The maximum Gasteiger partial charge on any atom is 0.202 e. The number of aromatic nitrogens is 2. The molecule has 3 rings (SSSR count). The second-order valence-corrected chi connectivity index (χ2v) is 9.44. The van der Waals surface area contributed by atoms with Crippen molar-refractivity contribution in [2.75, 3.05) is 7.05 Å². The van der Waals surface area contributed by atoms with Crippen LogP contribution in [0.4, 0.5) is 0 Å². The minimum absolute atomic E-state index is 0. The van der Waals surface area contributed by atoms with Gasteiger partial charge in [0.05, 0.1) is 10.9 Å². The number of hydrogen-bond acceptors (Lipinski definition) is 4. The van der Waals surface area contributed by atoms with Gasteiger partial charge in [0, 0.05) is 13.1 Å². The van der Waals surface area contributed by atoms with Gasteiger partial charge in [-0.05, 0) is 43.5 Å². The number of sulfone groups is 1. The largest absolute Gasteiger partial charge is 0.314 e. The van der Waals surface area contributed by atoms with E-state index in [1.54, 1.807) is 10.7 Å². The third-order valence-electron chi connectivity index (χ3n) is 5.06. The molecule has 1 atom stereocenters. The molecule has 5 nitrogen and oxygen atoms in total. The van der Waals surface area contributed by atoms with Gasteiger partial charge in [-0.25, -0.2) is 8.42 Å². The molecule has 0 aliphatic heterocycles. The zero-order valence-corrected chi connectivity index (χ0v) is 19.4. The van der Waals surface area contributed by atoms with Crippen molar-refractivity contribution in [3.05, 3.63) is 96.2 Å². The smallest absolute Gasteiger partial charge is 0.202 e. The van der Waals surface area contributed by atoms with E-state index in [1.807, 2.05) is 55.6 Å². The van der Waals surface area contributed by atoms with Crippen molar-refractivity contribution >= 4 is 22.2 Å². The number of rotatable bonds is 11. The Kier molecular flexibility index (Phi) is 9.49.